The van der Waals surface area contributed by atoms with Gasteiger partial charge in [-0.15, -0.1) is 0 Å². The SMILES string of the molecule is Cc1cccc(-n2c([C@H](C)Nc3nc(N)nc4cccnc34)cc3cccc(-c4cnc(C)nc4)c3c2=O)c1.Cc1nc(N[C@@H](C)c2cc3cccc(-c4cnc5[nH]ccc5c4)c3c(=O)n2-c2ccccc2)c2ncccc2n1.Cc1nc(N[C@@H](C)c2cc3cccc(-c4cnc5ccccc5c4)c3c(=O)n2-c2ccccc2)c2ncccc2n1. The standard InChI is InChI=1S/C34H26N6O.C32H25N7O.C30H26N8O/c1-21(37-33-32-29(16-9-17-35-32)38-22(2)39-33)30-19-24-11-8-14-27(25-18-23-10-6-7-15-28(23)36-20-25)31(24)34(41)40(30)26-12-4-3-5-13-26;1-19(36-31-29-26(12-7-14-33-29)37-20(2)38-31)27-17-21-8-6-11-25(23-16-22-13-15-34-30(22)35-18-23)28(21)32(40)39(27)24-9-4-3-5-10-24;1-17-7-4-9-22(13-17)38-25(18(2)35-28-27-24(11-6-12-32-27)36-30(31)37-28)14-20-8-5-10-23(26(20)29(38)39)21-15-33-19(3)34-16-21/h3-21H,1-2H3,(H,37,38,39);3-19H,1-2H3,(H,34,35)(H,36,37,38);4-16,18H,1-3H3,(H3,31,35,36,37)/t21-;19-;18-/m000/s1. The first kappa shape index (κ1) is 75.4. The number of benzene rings is 7. The van der Waals surface area contributed by atoms with E-state index in [0.717, 1.165) is 122 Å². The topological polar surface area (TPSA) is 311 Å². The molecular formula is C96H77N21O3. The predicted octanol–water partition coefficient (Wildman–Crippen LogP) is 18.5. The molecule has 0 aliphatic heterocycles. The Morgan fingerprint density at radius 2 is 0.733 bits per heavy atom. The quantitative estimate of drug-likeness (QED) is 0.0637. The number of hydrogen-bond donors (Lipinski definition) is 5. The molecule has 0 saturated carbocycles. The van der Waals surface area contributed by atoms with Gasteiger partial charge in [0.05, 0.1) is 56.4 Å². The summed E-state index contributed by atoms with van der Waals surface area (Å²) in [5.74, 6) is 3.86. The molecule has 0 saturated heterocycles. The van der Waals surface area contributed by atoms with Crippen molar-refractivity contribution < 1.29 is 0 Å². The number of rotatable bonds is 15. The molecule has 584 valence electrons. The summed E-state index contributed by atoms with van der Waals surface area (Å²) in [7, 11) is 0. The van der Waals surface area contributed by atoms with Gasteiger partial charge in [0.15, 0.2) is 17.5 Å². The van der Waals surface area contributed by atoms with Crippen molar-refractivity contribution in [2.75, 3.05) is 21.7 Å². The first-order valence-corrected chi connectivity index (χ1v) is 39.2. The fraction of sp³-hybridized carbons (Fsp3) is 0.104. The zero-order valence-electron chi connectivity index (χ0n) is 66.3. The highest BCUT2D eigenvalue weighted by Crippen LogP contribution is 2.37. The molecule has 24 heteroatoms. The molecule has 0 spiro atoms. The second-order valence-electron chi connectivity index (χ2n) is 29.4. The molecule has 120 heavy (non-hydrogen) atoms. The molecule has 7 aromatic carbocycles. The number of para-hydroxylation sites is 3. The molecule has 0 aliphatic rings. The number of hydrogen-bond acceptors (Lipinski definition) is 20. The van der Waals surface area contributed by atoms with E-state index in [0.29, 0.717) is 73.2 Å². The predicted molar refractivity (Wildman–Crippen MR) is 477 cm³/mol. The van der Waals surface area contributed by atoms with Gasteiger partial charge in [0.2, 0.25) is 5.95 Å². The largest absolute Gasteiger partial charge is 0.368 e. The van der Waals surface area contributed by atoms with Crippen LogP contribution in [0.1, 0.15) is 79.0 Å². The van der Waals surface area contributed by atoms with Crippen molar-refractivity contribution in [2.45, 2.75) is 66.6 Å². The van der Waals surface area contributed by atoms with Crippen LogP contribution in [0.3, 0.4) is 0 Å². The summed E-state index contributed by atoms with van der Waals surface area (Å²) in [5.41, 5.74) is 22.4. The van der Waals surface area contributed by atoms with Crippen LogP contribution in [-0.2, 0) is 0 Å². The maximum absolute atomic E-state index is 14.5. The Labute approximate surface area is 686 Å². The van der Waals surface area contributed by atoms with Gasteiger partial charge in [0.25, 0.3) is 16.7 Å². The second kappa shape index (κ2) is 32.0. The molecule has 0 unspecified atom stereocenters. The lowest BCUT2D eigenvalue weighted by Gasteiger charge is -2.22. The van der Waals surface area contributed by atoms with Crippen molar-refractivity contribution >= 4 is 111 Å². The lowest BCUT2D eigenvalue weighted by atomic mass is 9.98. The van der Waals surface area contributed by atoms with E-state index >= 15 is 0 Å². The first-order valence-electron chi connectivity index (χ1n) is 39.2. The Balaban J connectivity index is 0.000000124. The van der Waals surface area contributed by atoms with E-state index in [9.17, 15) is 14.4 Å². The van der Waals surface area contributed by atoms with Crippen LogP contribution in [0.15, 0.2) is 301 Å². The van der Waals surface area contributed by atoms with Gasteiger partial charge in [-0.05, 0) is 202 Å². The number of nitrogens with two attached hydrogens (primary N) is 1. The summed E-state index contributed by atoms with van der Waals surface area (Å²) >= 11 is 0. The van der Waals surface area contributed by atoms with Gasteiger partial charge in [-0.1, -0.05) is 121 Å². The van der Waals surface area contributed by atoms with Gasteiger partial charge in [0.1, 0.15) is 39.7 Å². The second-order valence-corrected chi connectivity index (χ2v) is 29.4. The maximum Gasteiger partial charge on any atom is 0.263 e. The number of nitrogens with zero attached hydrogens (tertiary/aromatic N) is 16. The van der Waals surface area contributed by atoms with E-state index in [1.54, 1.807) is 50.8 Å². The third-order valence-electron chi connectivity index (χ3n) is 21.2. The summed E-state index contributed by atoms with van der Waals surface area (Å²) in [4.78, 5) is 105. The molecule has 20 rings (SSSR count). The van der Waals surface area contributed by atoms with E-state index in [-0.39, 0.29) is 40.8 Å². The number of aromatic amines is 1. The first-order chi connectivity index (χ1) is 58.5. The van der Waals surface area contributed by atoms with Crippen molar-refractivity contribution in [1.82, 2.24) is 83.5 Å². The highest BCUT2D eigenvalue weighted by molar-refractivity contribution is 6.01. The van der Waals surface area contributed by atoms with Crippen LogP contribution >= 0.6 is 0 Å². The highest BCUT2D eigenvalue weighted by atomic mass is 16.1. The average Bonchev–Trinajstić information content (AvgIpc) is 1.77. The number of H-pyrrole nitrogens is 1. The maximum atomic E-state index is 14.5. The van der Waals surface area contributed by atoms with E-state index in [1.807, 2.05) is 273 Å². The Bertz CT molecular complexity index is 7570. The minimum absolute atomic E-state index is 0.0945. The Morgan fingerprint density at radius 3 is 1.23 bits per heavy atom. The lowest BCUT2D eigenvalue weighted by Crippen LogP contribution is -2.26. The third kappa shape index (κ3) is 14.7. The minimum Gasteiger partial charge on any atom is -0.368 e. The van der Waals surface area contributed by atoms with Crippen molar-refractivity contribution in [3.8, 4) is 50.4 Å². The summed E-state index contributed by atoms with van der Waals surface area (Å²) < 4.78 is 5.34. The van der Waals surface area contributed by atoms with Gasteiger partial charge in [-0.2, -0.15) is 4.98 Å². The fourth-order valence-electron chi connectivity index (χ4n) is 15.7. The van der Waals surface area contributed by atoms with Crippen molar-refractivity contribution in [3.05, 3.63) is 357 Å². The van der Waals surface area contributed by atoms with Crippen molar-refractivity contribution in [2.24, 2.45) is 0 Å². The number of pyridine rings is 8. The van der Waals surface area contributed by atoms with E-state index in [2.05, 4.69) is 110 Å². The summed E-state index contributed by atoms with van der Waals surface area (Å²) in [6, 6.07) is 75.8. The van der Waals surface area contributed by atoms with Gasteiger partial charge in [-0.3, -0.25) is 48.0 Å². The van der Waals surface area contributed by atoms with Crippen LogP contribution in [-0.4, -0.2) is 83.5 Å². The molecule has 0 amide bonds. The molecule has 6 N–H and O–H groups in total. The Kier molecular flexibility index (Phi) is 20.1. The molecule has 3 atom stereocenters. The van der Waals surface area contributed by atoms with Crippen molar-refractivity contribution in [1.29, 1.82) is 0 Å². The number of anilines is 4. The summed E-state index contributed by atoms with van der Waals surface area (Å²) in [5, 5.41) is 16.9. The Morgan fingerprint density at radius 1 is 0.333 bits per heavy atom. The molecule has 13 heterocycles. The number of nitrogens with one attached hydrogen (secondary N) is 4. The highest BCUT2D eigenvalue weighted by Gasteiger charge is 2.26. The van der Waals surface area contributed by atoms with Gasteiger partial charge < -0.3 is 26.7 Å². The molecule has 0 fully saturated rings. The molecule has 0 radical (unpaired) electrons. The fourth-order valence-corrected chi connectivity index (χ4v) is 15.7. The zero-order chi connectivity index (χ0) is 82.2. The van der Waals surface area contributed by atoms with Gasteiger partial charge >= 0.3 is 0 Å². The number of nitrogen functional groups attached to an aromatic ring is 1. The van der Waals surface area contributed by atoms with Crippen LogP contribution in [0.25, 0.3) is 138 Å². The molecule has 13 aromatic heterocycles. The monoisotopic (exact) mass is 1570 g/mol. The van der Waals surface area contributed by atoms with Crippen molar-refractivity contribution in [3.63, 3.8) is 0 Å². The van der Waals surface area contributed by atoms with Crippen LogP contribution in [0.5, 0.6) is 0 Å². The van der Waals surface area contributed by atoms with E-state index < -0.39 is 0 Å². The average molecular weight is 1570 g/mol. The third-order valence-corrected chi connectivity index (χ3v) is 21.2. The van der Waals surface area contributed by atoms with Crippen LogP contribution < -0.4 is 38.4 Å². The smallest absolute Gasteiger partial charge is 0.263 e. The zero-order valence-corrected chi connectivity index (χ0v) is 66.3. The summed E-state index contributed by atoms with van der Waals surface area (Å²) in [6.07, 6.45) is 14.2. The molecular weight excluding hydrogens is 1500 g/mol. The Hall–Kier alpha value is -16.0. The summed E-state index contributed by atoms with van der Waals surface area (Å²) in [6.45, 7) is 13.6. The molecule has 0 bridgehead atoms. The number of aryl methyl sites for hydroxylation is 4. The molecule has 0 aliphatic carbocycles. The number of aromatic nitrogens is 17. The molecule has 24 nitrogen and oxygen atoms in total. The van der Waals surface area contributed by atoms with Crippen LogP contribution in [0.2, 0.25) is 0 Å². The minimum atomic E-state index is -0.339. The van der Waals surface area contributed by atoms with Crippen LogP contribution in [0.4, 0.5) is 23.4 Å². The molecule has 20 aromatic rings. The number of fused-ring (bicyclic) bond motifs is 8. The van der Waals surface area contributed by atoms with Crippen LogP contribution in [0, 0.1) is 27.7 Å². The normalized spacial score (nSPS) is 12.2. The van der Waals surface area contributed by atoms with Gasteiger partial charge in [0, 0.05) is 111 Å². The van der Waals surface area contributed by atoms with E-state index in [1.165, 1.54) is 0 Å². The van der Waals surface area contributed by atoms with Gasteiger partial charge in [-0.25, -0.2) is 39.9 Å². The van der Waals surface area contributed by atoms with E-state index in [4.69, 9.17) is 5.73 Å². The lowest BCUT2D eigenvalue weighted by molar-refractivity contribution is 0.773.